The van der Waals surface area contributed by atoms with Crippen molar-refractivity contribution >= 4 is 17.3 Å². The Morgan fingerprint density at radius 2 is 2.08 bits per heavy atom. The first-order valence-corrected chi connectivity index (χ1v) is 8.91. The van der Waals surface area contributed by atoms with Crippen LogP contribution in [0.15, 0.2) is 10.4 Å². The van der Waals surface area contributed by atoms with Gasteiger partial charge in [0, 0.05) is 19.0 Å². The summed E-state index contributed by atoms with van der Waals surface area (Å²) in [5, 5.41) is 7.65. The van der Waals surface area contributed by atoms with Crippen LogP contribution >= 0.6 is 11.3 Å². The highest BCUT2D eigenvalue weighted by molar-refractivity contribution is 7.09. The van der Waals surface area contributed by atoms with Crippen LogP contribution in [0.3, 0.4) is 0 Å². The summed E-state index contributed by atoms with van der Waals surface area (Å²) in [6, 6.07) is 0. The zero-order valence-electron chi connectivity index (χ0n) is 14.0. The second-order valence-corrected chi connectivity index (χ2v) is 6.95. The monoisotopic (exact) mass is 363 g/mol. The van der Waals surface area contributed by atoms with Gasteiger partial charge in [-0.1, -0.05) is 0 Å². The molecule has 9 heteroatoms. The van der Waals surface area contributed by atoms with Crippen molar-refractivity contribution in [1.82, 2.24) is 20.5 Å². The Balaban J connectivity index is 1.70. The van der Waals surface area contributed by atoms with E-state index in [-0.39, 0.29) is 6.54 Å². The van der Waals surface area contributed by atoms with Crippen molar-refractivity contribution in [2.24, 2.45) is 10.9 Å². The zero-order valence-corrected chi connectivity index (χ0v) is 14.8. The quantitative estimate of drug-likeness (QED) is 0.624. The lowest BCUT2D eigenvalue weighted by atomic mass is 9.94. The van der Waals surface area contributed by atoms with Crippen molar-refractivity contribution in [3.63, 3.8) is 0 Å². The molecule has 1 aliphatic rings. The van der Waals surface area contributed by atoms with Crippen LogP contribution in [0.25, 0.3) is 0 Å². The first kappa shape index (κ1) is 19.0. The molecule has 2 N–H and O–H groups in total. The van der Waals surface area contributed by atoms with Gasteiger partial charge in [0.2, 0.25) is 0 Å². The van der Waals surface area contributed by atoms with Crippen LogP contribution in [0.5, 0.6) is 0 Å². The van der Waals surface area contributed by atoms with Crippen LogP contribution in [0, 0.1) is 5.92 Å². The van der Waals surface area contributed by atoms with Gasteiger partial charge in [-0.3, -0.25) is 4.99 Å². The van der Waals surface area contributed by atoms with Gasteiger partial charge in [-0.25, -0.2) is 4.98 Å². The number of likely N-dealkylation sites (tertiary alicyclic amines) is 1. The van der Waals surface area contributed by atoms with Crippen molar-refractivity contribution in [2.45, 2.75) is 32.0 Å². The van der Waals surface area contributed by atoms with Gasteiger partial charge in [-0.15, -0.1) is 11.3 Å². The molecule has 0 radical (unpaired) electrons. The highest BCUT2D eigenvalue weighted by Crippen LogP contribution is 2.29. The standard InChI is InChI=1S/C15H24F3N5S/c1-19-14(20-6-3-11-4-7-23(2)8-5-11)21-9-13-22-12(10-24-13)15(16,17)18/h10-11H,3-9H2,1-2H3,(H2,19,20,21). The Kier molecular flexibility index (Phi) is 6.85. The molecule has 2 rings (SSSR count). The number of aromatic nitrogens is 1. The predicted octanol–water partition coefficient (Wildman–Crippen LogP) is 2.56. The minimum atomic E-state index is -4.39. The van der Waals surface area contributed by atoms with Gasteiger partial charge in [-0.2, -0.15) is 13.2 Å². The number of halogens is 3. The molecule has 0 aromatic carbocycles. The molecular formula is C15H24F3N5S. The molecule has 0 aliphatic carbocycles. The maximum absolute atomic E-state index is 12.5. The first-order chi connectivity index (χ1) is 11.4. The number of rotatable bonds is 5. The maximum Gasteiger partial charge on any atom is 0.434 e. The largest absolute Gasteiger partial charge is 0.434 e. The molecule has 2 heterocycles. The fourth-order valence-electron chi connectivity index (χ4n) is 2.65. The summed E-state index contributed by atoms with van der Waals surface area (Å²) in [7, 11) is 3.79. The lowest BCUT2D eigenvalue weighted by Gasteiger charge is -2.29. The summed E-state index contributed by atoms with van der Waals surface area (Å²) in [6.45, 7) is 3.32. The van der Waals surface area contributed by atoms with E-state index in [0.717, 1.165) is 48.7 Å². The third-order valence-electron chi connectivity index (χ3n) is 4.16. The molecule has 0 spiro atoms. The van der Waals surface area contributed by atoms with Gasteiger partial charge in [-0.05, 0) is 45.3 Å². The number of thiazole rings is 1. The third kappa shape index (κ3) is 5.94. The van der Waals surface area contributed by atoms with Gasteiger partial charge < -0.3 is 15.5 Å². The van der Waals surface area contributed by atoms with Crippen LogP contribution in [0.2, 0.25) is 0 Å². The van der Waals surface area contributed by atoms with Crippen molar-refractivity contribution in [2.75, 3.05) is 33.7 Å². The van der Waals surface area contributed by atoms with E-state index >= 15 is 0 Å². The summed E-state index contributed by atoms with van der Waals surface area (Å²) in [5.41, 5.74) is -0.838. The Labute approximate surface area is 144 Å². The lowest BCUT2D eigenvalue weighted by molar-refractivity contribution is -0.140. The second-order valence-electron chi connectivity index (χ2n) is 6.01. The normalized spacial score (nSPS) is 18.0. The van der Waals surface area contributed by atoms with E-state index in [4.69, 9.17) is 0 Å². The fraction of sp³-hybridized carbons (Fsp3) is 0.733. The van der Waals surface area contributed by atoms with E-state index in [0.29, 0.717) is 11.0 Å². The third-order valence-corrected chi connectivity index (χ3v) is 5.00. The van der Waals surface area contributed by atoms with Crippen LogP contribution in [0.1, 0.15) is 30.0 Å². The average Bonchev–Trinajstić information content (AvgIpc) is 3.01. The van der Waals surface area contributed by atoms with Crippen molar-refractivity contribution in [3.05, 3.63) is 16.1 Å². The summed E-state index contributed by atoms with van der Waals surface area (Å²) in [4.78, 5) is 10.0. The molecule has 0 bridgehead atoms. The molecule has 1 saturated heterocycles. The molecule has 0 saturated carbocycles. The Bertz CT molecular complexity index is 535. The Morgan fingerprint density at radius 3 is 2.67 bits per heavy atom. The van der Waals surface area contributed by atoms with Crippen molar-refractivity contribution < 1.29 is 13.2 Å². The van der Waals surface area contributed by atoms with E-state index < -0.39 is 11.9 Å². The van der Waals surface area contributed by atoms with Gasteiger partial charge in [0.1, 0.15) is 5.01 Å². The molecular weight excluding hydrogens is 339 g/mol. The SMILES string of the molecule is CN=C(NCCC1CCN(C)CC1)NCc1nc(C(F)(F)F)cs1. The first-order valence-electron chi connectivity index (χ1n) is 8.03. The molecule has 1 aromatic heterocycles. The molecule has 136 valence electrons. The highest BCUT2D eigenvalue weighted by Gasteiger charge is 2.33. The number of nitrogens with zero attached hydrogens (tertiary/aromatic N) is 3. The predicted molar refractivity (Wildman–Crippen MR) is 90.2 cm³/mol. The second kappa shape index (κ2) is 8.66. The van der Waals surface area contributed by atoms with E-state index in [2.05, 4.69) is 32.6 Å². The van der Waals surface area contributed by atoms with Gasteiger partial charge >= 0.3 is 6.18 Å². The van der Waals surface area contributed by atoms with Crippen molar-refractivity contribution in [3.8, 4) is 0 Å². The van der Waals surface area contributed by atoms with Crippen LogP contribution in [-0.2, 0) is 12.7 Å². The Hall–Kier alpha value is -1.35. The fourth-order valence-corrected chi connectivity index (χ4v) is 3.39. The summed E-state index contributed by atoms with van der Waals surface area (Å²) in [6.07, 6.45) is -0.889. The number of aliphatic imine (C=N–C) groups is 1. The highest BCUT2D eigenvalue weighted by atomic mass is 32.1. The lowest BCUT2D eigenvalue weighted by Crippen LogP contribution is -2.38. The van der Waals surface area contributed by atoms with Gasteiger partial charge in [0.15, 0.2) is 11.7 Å². The molecule has 0 atom stereocenters. The number of hydrogen-bond donors (Lipinski definition) is 2. The summed E-state index contributed by atoms with van der Waals surface area (Å²) < 4.78 is 37.6. The number of nitrogens with one attached hydrogen (secondary N) is 2. The molecule has 1 fully saturated rings. The minimum absolute atomic E-state index is 0.231. The molecule has 24 heavy (non-hydrogen) atoms. The molecule has 5 nitrogen and oxygen atoms in total. The zero-order chi connectivity index (χ0) is 17.6. The van der Waals surface area contributed by atoms with E-state index in [1.54, 1.807) is 7.05 Å². The summed E-state index contributed by atoms with van der Waals surface area (Å²) in [5.74, 6) is 1.31. The van der Waals surface area contributed by atoms with Gasteiger partial charge in [0.05, 0.1) is 6.54 Å². The molecule has 0 unspecified atom stereocenters. The topological polar surface area (TPSA) is 52.6 Å². The molecule has 1 aromatic rings. The van der Waals surface area contributed by atoms with E-state index in [1.165, 1.54) is 12.8 Å². The van der Waals surface area contributed by atoms with Gasteiger partial charge in [0.25, 0.3) is 0 Å². The maximum atomic E-state index is 12.5. The number of hydrogen-bond acceptors (Lipinski definition) is 4. The average molecular weight is 363 g/mol. The smallest absolute Gasteiger partial charge is 0.356 e. The number of guanidine groups is 1. The summed E-state index contributed by atoms with van der Waals surface area (Å²) >= 11 is 0.995. The van der Waals surface area contributed by atoms with E-state index in [9.17, 15) is 13.2 Å². The van der Waals surface area contributed by atoms with Crippen LogP contribution in [-0.4, -0.2) is 49.6 Å². The molecule has 1 aliphatic heterocycles. The number of alkyl halides is 3. The van der Waals surface area contributed by atoms with Crippen molar-refractivity contribution in [1.29, 1.82) is 0 Å². The number of piperidine rings is 1. The van der Waals surface area contributed by atoms with Crippen LogP contribution < -0.4 is 10.6 Å². The van der Waals surface area contributed by atoms with Crippen LogP contribution in [0.4, 0.5) is 13.2 Å². The Morgan fingerprint density at radius 1 is 1.38 bits per heavy atom. The van der Waals surface area contributed by atoms with E-state index in [1.807, 2.05) is 0 Å². The minimum Gasteiger partial charge on any atom is -0.356 e. The molecule has 0 amide bonds.